The van der Waals surface area contributed by atoms with Crippen LogP contribution < -0.4 is 15.4 Å². The van der Waals surface area contributed by atoms with Crippen LogP contribution in [0.15, 0.2) is 41.9 Å². The lowest BCUT2D eigenvalue weighted by molar-refractivity contribution is -0.274. The van der Waals surface area contributed by atoms with Crippen molar-refractivity contribution in [3.05, 3.63) is 42.5 Å². The molecule has 3 N–H and O–H groups in total. The number of ether oxygens (including phenoxy) is 1. The second-order valence-electron chi connectivity index (χ2n) is 6.86. The molecular formula is C20H30F3IN4O2. The van der Waals surface area contributed by atoms with Crippen molar-refractivity contribution in [2.24, 2.45) is 4.99 Å². The van der Waals surface area contributed by atoms with Crippen molar-refractivity contribution >= 4 is 29.9 Å². The summed E-state index contributed by atoms with van der Waals surface area (Å²) in [4.78, 5) is 6.76. The van der Waals surface area contributed by atoms with Crippen molar-refractivity contribution in [2.75, 3.05) is 32.7 Å². The minimum atomic E-state index is -4.74. The smallest absolute Gasteiger partial charge is 0.406 e. The highest BCUT2D eigenvalue weighted by molar-refractivity contribution is 14.0. The molecule has 0 saturated carbocycles. The molecule has 1 saturated heterocycles. The van der Waals surface area contributed by atoms with Gasteiger partial charge in [-0.3, -0.25) is 9.89 Å². The van der Waals surface area contributed by atoms with E-state index in [1.807, 2.05) is 13.0 Å². The number of halogens is 4. The Kier molecular flexibility index (Phi) is 11.5. The maximum Gasteiger partial charge on any atom is 0.573 e. The fraction of sp³-hybridized carbons (Fsp3) is 0.550. The molecule has 0 bridgehead atoms. The Morgan fingerprint density at radius 2 is 1.97 bits per heavy atom. The monoisotopic (exact) mass is 542 g/mol. The van der Waals surface area contributed by atoms with Gasteiger partial charge >= 0.3 is 6.36 Å². The van der Waals surface area contributed by atoms with Crippen LogP contribution in [0.4, 0.5) is 13.2 Å². The number of guanidine groups is 1. The molecule has 1 aromatic rings. The zero-order valence-electron chi connectivity index (χ0n) is 17.0. The first-order chi connectivity index (χ1) is 13.8. The van der Waals surface area contributed by atoms with Gasteiger partial charge in [-0.1, -0.05) is 18.2 Å². The Bertz CT molecular complexity index is 663. The quantitative estimate of drug-likeness (QED) is 0.203. The lowest BCUT2D eigenvalue weighted by atomic mass is 10.1. The summed E-state index contributed by atoms with van der Waals surface area (Å²) in [6, 6.07) is 5.45. The molecule has 1 unspecified atom stereocenters. The molecule has 0 radical (unpaired) electrons. The third-order valence-electron chi connectivity index (χ3n) is 4.58. The zero-order valence-corrected chi connectivity index (χ0v) is 19.3. The molecule has 6 nitrogen and oxygen atoms in total. The van der Waals surface area contributed by atoms with Gasteiger partial charge in [0, 0.05) is 32.2 Å². The number of nitrogens with one attached hydrogen (secondary N) is 2. The molecule has 10 heteroatoms. The van der Waals surface area contributed by atoms with E-state index >= 15 is 0 Å². The number of aliphatic hydroxyl groups is 1. The molecule has 170 valence electrons. The highest BCUT2D eigenvalue weighted by atomic mass is 127. The minimum absolute atomic E-state index is 0. The normalized spacial score (nSPS) is 17.0. The number of piperidine rings is 1. The first-order valence-corrected chi connectivity index (χ1v) is 9.72. The van der Waals surface area contributed by atoms with E-state index in [0.29, 0.717) is 24.1 Å². The number of nitrogens with zero attached hydrogens (tertiary/aromatic N) is 2. The third-order valence-corrected chi connectivity index (χ3v) is 4.58. The second kappa shape index (κ2) is 13.0. The highest BCUT2D eigenvalue weighted by Crippen LogP contribution is 2.24. The summed E-state index contributed by atoms with van der Waals surface area (Å²) in [5, 5.41) is 16.9. The second-order valence-corrected chi connectivity index (χ2v) is 6.86. The number of benzene rings is 1. The van der Waals surface area contributed by atoms with Gasteiger partial charge in [-0.25, -0.2) is 0 Å². The van der Waals surface area contributed by atoms with Gasteiger partial charge in [-0.05, 0) is 37.5 Å². The summed E-state index contributed by atoms with van der Waals surface area (Å²) in [6.45, 7) is 9.35. The molecule has 1 atom stereocenters. The van der Waals surface area contributed by atoms with Gasteiger partial charge in [-0.15, -0.1) is 43.7 Å². The maximum absolute atomic E-state index is 12.2. The molecule has 30 heavy (non-hydrogen) atoms. The Morgan fingerprint density at radius 3 is 2.50 bits per heavy atom. The van der Waals surface area contributed by atoms with Crippen molar-refractivity contribution in [1.29, 1.82) is 0 Å². The Hall–Kier alpha value is -1.53. The number of aliphatic imine (C=N–C) groups is 1. The van der Waals surface area contributed by atoms with Gasteiger partial charge in [0.15, 0.2) is 5.96 Å². The van der Waals surface area contributed by atoms with Crippen molar-refractivity contribution in [3.8, 4) is 5.75 Å². The SMILES string of the molecule is C=CCN1CCC(NC(=NCC(O)c2ccc(OC(F)(F)F)cc2)NCC)CC1.I. The molecular weight excluding hydrogens is 512 g/mol. The van der Waals surface area contributed by atoms with E-state index in [-0.39, 0.29) is 36.3 Å². The largest absolute Gasteiger partial charge is 0.573 e. The molecule has 0 aliphatic carbocycles. The van der Waals surface area contributed by atoms with E-state index in [1.54, 1.807) is 0 Å². The van der Waals surface area contributed by atoms with Gasteiger partial charge in [0.05, 0.1) is 12.6 Å². The third kappa shape index (κ3) is 9.52. The zero-order chi connectivity index (χ0) is 21.3. The molecule has 1 aliphatic rings. The summed E-state index contributed by atoms with van der Waals surface area (Å²) >= 11 is 0. The Morgan fingerprint density at radius 1 is 1.33 bits per heavy atom. The van der Waals surface area contributed by atoms with Crippen molar-refractivity contribution in [2.45, 2.75) is 38.3 Å². The predicted molar refractivity (Wildman–Crippen MR) is 122 cm³/mol. The first-order valence-electron chi connectivity index (χ1n) is 9.72. The number of likely N-dealkylation sites (tertiary alicyclic amines) is 1. The summed E-state index contributed by atoms with van der Waals surface area (Å²) in [5.74, 6) is 0.292. The summed E-state index contributed by atoms with van der Waals surface area (Å²) in [6.07, 6.45) is -1.79. The average Bonchev–Trinajstić information content (AvgIpc) is 2.67. The van der Waals surface area contributed by atoms with E-state index in [4.69, 9.17) is 0 Å². The molecule has 2 rings (SSSR count). The topological polar surface area (TPSA) is 69.1 Å². The van der Waals surface area contributed by atoms with Crippen LogP contribution >= 0.6 is 24.0 Å². The number of hydrogen-bond acceptors (Lipinski definition) is 4. The maximum atomic E-state index is 12.2. The van der Waals surface area contributed by atoms with Crippen molar-refractivity contribution < 1.29 is 23.0 Å². The summed E-state index contributed by atoms with van der Waals surface area (Å²) in [5.41, 5.74) is 0.469. The highest BCUT2D eigenvalue weighted by Gasteiger charge is 2.31. The van der Waals surface area contributed by atoms with Crippen LogP contribution in [0.5, 0.6) is 5.75 Å². The predicted octanol–water partition coefficient (Wildman–Crippen LogP) is 3.44. The number of rotatable bonds is 8. The number of hydrogen-bond donors (Lipinski definition) is 3. The van der Waals surface area contributed by atoms with Gasteiger partial charge in [-0.2, -0.15) is 0 Å². The van der Waals surface area contributed by atoms with Gasteiger partial charge < -0.3 is 20.5 Å². The lowest BCUT2D eigenvalue weighted by Gasteiger charge is -2.32. The number of aliphatic hydroxyl groups excluding tert-OH is 1. The van der Waals surface area contributed by atoms with Crippen LogP contribution in [0.2, 0.25) is 0 Å². The fourth-order valence-electron chi connectivity index (χ4n) is 3.13. The van der Waals surface area contributed by atoms with Gasteiger partial charge in [0.1, 0.15) is 5.75 Å². The van der Waals surface area contributed by atoms with E-state index in [0.717, 1.165) is 32.5 Å². The van der Waals surface area contributed by atoms with Crippen LogP contribution in [-0.4, -0.2) is 61.1 Å². The van der Waals surface area contributed by atoms with Crippen molar-refractivity contribution in [1.82, 2.24) is 15.5 Å². The van der Waals surface area contributed by atoms with E-state index < -0.39 is 12.5 Å². The molecule has 0 aromatic heterocycles. The summed E-state index contributed by atoms with van der Waals surface area (Å²) < 4.78 is 40.5. The molecule has 0 spiro atoms. The minimum Gasteiger partial charge on any atom is -0.406 e. The summed E-state index contributed by atoms with van der Waals surface area (Å²) in [7, 11) is 0. The van der Waals surface area contributed by atoms with Crippen LogP contribution in [0.1, 0.15) is 31.4 Å². The van der Waals surface area contributed by atoms with Crippen molar-refractivity contribution in [3.63, 3.8) is 0 Å². The first kappa shape index (κ1) is 26.5. The average molecular weight is 542 g/mol. The van der Waals surface area contributed by atoms with Crippen LogP contribution in [0, 0.1) is 0 Å². The van der Waals surface area contributed by atoms with Gasteiger partial charge in [0.25, 0.3) is 0 Å². The van der Waals surface area contributed by atoms with Gasteiger partial charge in [0.2, 0.25) is 0 Å². The molecule has 1 aromatic carbocycles. The lowest BCUT2D eigenvalue weighted by Crippen LogP contribution is -2.48. The number of alkyl halides is 3. The molecule has 1 aliphatic heterocycles. The van der Waals surface area contributed by atoms with E-state index in [1.165, 1.54) is 24.3 Å². The molecule has 0 amide bonds. The Labute approximate surface area is 192 Å². The van der Waals surface area contributed by atoms with E-state index in [2.05, 4.69) is 31.8 Å². The van der Waals surface area contributed by atoms with E-state index in [9.17, 15) is 18.3 Å². The molecule has 1 heterocycles. The van der Waals surface area contributed by atoms with Crippen LogP contribution in [-0.2, 0) is 0 Å². The van der Waals surface area contributed by atoms with Crippen LogP contribution in [0.3, 0.4) is 0 Å². The fourth-order valence-corrected chi connectivity index (χ4v) is 3.13. The molecule has 1 fully saturated rings. The standard InChI is InChI=1S/C20H29F3N4O2.HI/c1-3-11-27-12-9-16(10-13-27)26-19(24-4-2)25-14-18(28)15-5-7-17(8-6-15)29-20(21,22)23;/h3,5-8,16,18,28H,1,4,9-14H2,2H3,(H2,24,25,26);1H. The van der Waals surface area contributed by atoms with Crippen LogP contribution in [0.25, 0.3) is 0 Å². The Balaban J connectivity index is 0.00000450.